The van der Waals surface area contributed by atoms with Crippen LogP contribution in [-0.2, 0) is 14.8 Å². The Hall–Kier alpha value is -0.170. The van der Waals surface area contributed by atoms with Crippen molar-refractivity contribution in [2.24, 2.45) is 0 Å². The first-order valence-corrected chi connectivity index (χ1v) is 7.24. The topological polar surface area (TPSA) is 75.6 Å². The standard InChI is InChI=1S/C10H21NO4S/c1-10(2,5-6-12)11-16(13,14)8-9-4-3-7-15-9/h9,11-12H,3-8H2,1-2H3. The van der Waals surface area contributed by atoms with E-state index in [-0.39, 0.29) is 18.5 Å². The summed E-state index contributed by atoms with van der Waals surface area (Å²) in [6.45, 7) is 4.14. The van der Waals surface area contributed by atoms with Crippen molar-refractivity contribution in [1.29, 1.82) is 0 Å². The van der Waals surface area contributed by atoms with Gasteiger partial charge in [0.25, 0.3) is 0 Å². The van der Waals surface area contributed by atoms with E-state index >= 15 is 0 Å². The van der Waals surface area contributed by atoms with Gasteiger partial charge in [-0.05, 0) is 33.1 Å². The molecule has 0 spiro atoms. The molecule has 0 saturated carbocycles. The second-order valence-corrected chi connectivity index (χ2v) is 6.64. The molecule has 0 amide bonds. The van der Waals surface area contributed by atoms with Gasteiger partial charge in [-0.2, -0.15) is 0 Å². The Balaban J connectivity index is 2.50. The van der Waals surface area contributed by atoms with Crippen molar-refractivity contribution < 1.29 is 18.3 Å². The zero-order chi connectivity index (χ0) is 12.2. The average Bonchev–Trinajstić information content (AvgIpc) is 2.52. The number of hydrogen-bond acceptors (Lipinski definition) is 4. The number of ether oxygens (including phenoxy) is 1. The summed E-state index contributed by atoms with van der Waals surface area (Å²) < 4.78 is 31.5. The average molecular weight is 251 g/mol. The van der Waals surface area contributed by atoms with Crippen molar-refractivity contribution in [3.63, 3.8) is 0 Å². The lowest BCUT2D eigenvalue weighted by Gasteiger charge is -2.25. The van der Waals surface area contributed by atoms with Crippen LogP contribution in [0.3, 0.4) is 0 Å². The Morgan fingerprint density at radius 1 is 1.50 bits per heavy atom. The number of rotatable bonds is 6. The van der Waals surface area contributed by atoms with E-state index in [1.165, 1.54) is 0 Å². The van der Waals surface area contributed by atoms with Crippen LogP contribution in [0.25, 0.3) is 0 Å². The molecule has 0 aliphatic carbocycles. The molecule has 1 aliphatic heterocycles. The minimum Gasteiger partial charge on any atom is -0.396 e. The summed E-state index contributed by atoms with van der Waals surface area (Å²) in [7, 11) is -3.33. The van der Waals surface area contributed by atoms with Crippen LogP contribution in [0.1, 0.15) is 33.1 Å². The van der Waals surface area contributed by atoms with Gasteiger partial charge in [-0.25, -0.2) is 13.1 Å². The monoisotopic (exact) mass is 251 g/mol. The molecule has 0 bridgehead atoms. The van der Waals surface area contributed by atoms with Gasteiger partial charge in [0.2, 0.25) is 10.0 Å². The predicted octanol–water partition coefficient (Wildman–Crippen LogP) is 0.246. The molecule has 1 unspecified atom stereocenters. The third-order valence-electron chi connectivity index (χ3n) is 2.60. The van der Waals surface area contributed by atoms with E-state index in [0.29, 0.717) is 13.0 Å². The van der Waals surface area contributed by atoms with E-state index in [2.05, 4.69) is 4.72 Å². The van der Waals surface area contributed by atoms with Crippen molar-refractivity contribution in [3.8, 4) is 0 Å². The van der Waals surface area contributed by atoms with Gasteiger partial charge in [0.1, 0.15) is 0 Å². The van der Waals surface area contributed by atoms with Crippen LogP contribution in [-0.4, -0.2) is 44.1 Å². The Kier molecular flexibility index (Phi) is 4.73. The van der Waals surface area contributed by atoms with E-state index < -0.39 is 15.6 Å². The molecule has 16 heavy (non-hydrogen) atoms. The Labute approximate surface area is 97.2 Å². The highest BCUT2D eigenvalue weighted by atomic mass is 32.2. The van der Waals surface area contributed by atoms with Gasteiger partial charge in [-0.3, -0.25) is 0 Å². The second kappa shape index (κ2) is 5.44. The molecule has 96 valence electrons. The Morgan fingerprint density at radius 2 is 2.19 bits per heavy atom. The fourth-order valence-electron chi connectivity index (χ4n) is 1.81. The number of hydrogen-bond donors (Lipinski definition) is 2. The fourth-order valence-corrected chi connectivity index (χ4v) is 3.59. The maximum atomic E-state index is 11.8. The molecular weight excluding hydrogens is 230 g/mol. The van der Waals surface area contributed by atoms with E-state index in [1.807, 2.05) is 0 Å². The highest BCUT2D eigenvalue weighted by Crippen LogP contribution is 2.15. The summed E-state index contributed by atoms with van der Waals surface area (Å²) in [4.78, 5) is 0. The lowest BCUT2D eigenvalue weighted by Crippen LogP contribution is -2.46. The number of aliphatic hydroxyl groups is 1. The SMILES string of the molecule is CC(C)(CCO)NS(=O)(=O)CC1CCCO1. The van der Waals surface area contributed by atoms with Crippen LogP contribution in [0.4, 0.5) is 0 Å². The van der Waals surface area contributed by atoms with Crippen molar-refractivity contribution in [2.45, 2.75) is 44.8 Å². The molecule has 1 heterocycles. The largest absolute Gasteiger partial charge is 0.396 e. The molecule has 0 aromatic rings. The lowest BCUT2D eigenvalue weighted by atomic mass is 10.0. The van der Waals surface area contributed by atoms with Gasteiger partial charge in [0.05, 0.1) is 11.9 Å². The van der Waals surface area contributed by atoms with E-state index in [9.17, 15) is 8.42 Å². The van der Waals surface area contributed by atoms with Gasteiger partial charge < -0.3 is 9.84 Å². The van der Waals surface area contributed by atoms with Gasteiger partial charge in [-0.15, -0.1) is 0 Å². The summed E-state index contributed by atoms with van der Waals surface area (Å²) >= 11 is 0. The Morgan fingerprint density at radius 3 is 2.69 bits per heavy atom. The molecule has 0 radical (unpaired) electrons. The predicted molar refractivity (Wildman–Crippen MR) is 61.7 cm³/mol. The summed E-state index contributed by atoms with van der Waals surface area (Å²) in [5, 5.41) is 8.82. The van der Waals surface area contributed by atoms with Crippen molar-refractivity contribution in [1.82, 2.24) is 4.72 Å². The molecule has 1 rings (SSSR count). The molecule has 5 nitrogen and oxygen atoms in total. The third kappa shape index (κ3) is 4.78. The maximum absolute atomic E-state index is 11.8. The van der Waals surface area contributed by atoms with Crippen molar-refractivity contribution >= 4 is 10.0 Å². The van der Waals surface area contributed by atoms with E-state index in [4.69, 9.17) is 9.84 Å². The first-order valence-electron chi connectivity index (χ1n) is 5.59. The minimum absolute atomic E-state index is 0.0157. The van der Waals surface area contributed by atoms with Crippen LogP contribution < -0.4 is 4.72 Å². The Bertz CT molecular complexity index is 307. The molecule has 2 N–H and O–H groups in total. The van der Waals surface area contributed by atoms with Crippen LogP contribution in [0.15, 0.2) is 0 Å². The van der Waals surface area contributed by atoms with Crippen molar-refractivity contribution in [3.05, 3.63) is 0 Å². The van der Waals surface area contributed by atoms with Crippen LogP contribution >= 0.6 is 0 Å². The molecule has 1 atom stereocenters. The summed E-state index contributed by atoms with van der Waals surface area (Å²) in [6, 6.07) is 0. The molecule has 1 aliphatic rings. The zero-order valence-corrected chi connectivity index (χ0v) is 10.7. The fraction of sp³-hybridized carbons (Fsp3) is 1.00. The molecule has 1 saturated heterocycles. The summed E-state index contributed by atoms with van der Waals surface area (Å²) in [6.07, 6.45) is 1.96. The number of aliphatic hydroxyl groups excluding tert-OH is 1. The van der Waals surface area contributed by atoms with Gasteiger partial charge >= 0.3 is 0 Å². The maximum Gasteiger partial charge on any atom is 0.214 e. The highest BCUT2D eigenvalue weighted by molar-refractivity contribution is 7.89. The first-order chi connectivity index (χ1) is 7.35. The molecule has 6 heteroatoms. The molecular formula is C10H21NO4S. The van der Waals surface area contributed by atoms with Gasteiger partial charge in [0, 0.05) is 18.8 Å². The van der Waals surface area contributed by atoms with Crippen molar-refractivity contribution in [2.75, 3.05) is 19.0 Å². The molecule has 1 fully saturated rings. The van der Waals surface area contributed by atoms with Gasteiger partial charge in [-0.1, -0.05) is 0 Å². The quantitative estimate of drug-likeness (QED) is 0.709. The third-order valence-corrected chi connectivity index (χ3v) is 4.27. The number of nitrogens with one attached hydrogen (secondary N) is 1. The normalized spacial score (nSPS) is 22.6. The van der Waals surface area contributed by atoms with E-state index in [1.54, 1.807) is 13.8 Å². The van der Waals surface area contributed by atoms with E-state index in [0.717, 1.165) is 12.8 Å². The van der Waals surface area contributed by atoms with Crippen LogP contribution in [0, 0.1) is 0 Å². The first kappa shape index (κ1) is 13.9. The van der Waals surface area contributed by atoms with Crippen LogP contribution in [0.5, 0.6) is 0 Å². The summed E-state index contributed by atoms with van der Waals surface area (Å²) in [5.41, 5.74) is -0.605. The summed E-state index contributed by atoms with van der Waals surface area (Å²) in [5.74, 6) is 0.0157. The smallest absolute Gasteiger partial charge is 0.214 e. The molecule has 0 aromatic carbocycles. The minimum atomic E-state index is -3.33. The highest BCUT2D eigenvalue weighted by Gasteiger charge is 2.28. The number of sulfonamides is 1. The lowest BCUT2D eigenvalue weighted by molar-refractivity contribution is 0.127. The second-order valence-electron chi connectivity index (χ2n) is 4.88. The van der Waals surface area contributed by atoms with Gasteiger partial charge in [0.15, 0.2) is 0 Å². The zero-order valence-electron chi connectivity index (χ0n) is 9.90. The van der Waals surface area contributed by atoms with Crippen LogP contribution in [0.2, 0.25) is 0 Å². The molecule has 0 aromatic heterocycles.